The first kappa shape index (κ1) is 23.5. The van der Waals surface area contributed by atoms with Crippen molar-refractivity contribution in [3.05, 3.63) is 71.0 Å². The van der Waals surface area contributed by atoms with Crippen molar-refractivity contribution in [1.29, 1.82) is 0 Å². The number of benzene rings is 2. The number of hydrogen-bond acceptors (Lipinski definition) is 8. The number of hydrogen-bond donors (Lipinski definition) is 3. The van der Waals surface area contributed by atoms with Gasteiger partial charge in [-0.25, -0.2) is 18.9 Å². The molecule has 0 fully saturated rings. The van der Waals surface area contributed by atoms with Crippen molar-refractivity contribution in [2.75, 3.05) is 11.2 Å². The zero-order valence-electron chi connectivity index (χ0n) is 18.1. The van der Waals surface area contributed by atoms with Gasteiger partial charge in [-0.15, -0.1) is 0 Å². The van der Waals surface area contributed by atoms with E-state index in [-0.39, 0.29) is 16.1 Å². The van der Waals surface area contributed by atoms with Gasteiger partial charge in [-0.2, -0.15) is 5.10 Å². The first-order valence-electron chi connectivity index (χ1n) is 9.96. The Morgan fingerprint density at radius 1 is 1.12 bits per heavy atom. The average molecular weight is 502 g/mol. The van der Waals surface area contributed by atoms with Crippen LogP contribution in [0.4, 0.5) is 5.69 Å². The van der Waals surface area contributed by atoms with Gasteiger partial charge < -0.3 is 10.1 Å². The number of rotatable bonds is 7. The molecular formula is C22H20ClN5O5S. The van der Waals surface area contributed by atoms with Gasteiger partial charge >= 0.3 is 0 Å². The smallest absolute Gasteiger partial charge is 0.278 e. The van der Waals surface area contributed by atoms with Crippen LogP contribution in [0.25, 0.3) is 11.0 Å². The van der Waals surface area contributed by atoms with Crippen LogP contribution < -0.4 is 15.5 Å². The minimum atomic E-state index is -3.80. The summed E-state index contributed by atoms with van der Waals surface area (Å²) in [5.41, 5.74) is 2.73. The molecule has 2 heterocycles. The van der Waals surface area contributed by atoms with Crippen LogP contribution in [0.1, 0.15) is 16.1 Å². The molecule has 4 rings (SSSR count). The van der Waals surface area contributed by atoms with Crippen molar-refractivity contribution < 1.29 is 23.2 Å². The molecule has 0 spiro atoms. The molecule has 1 amide bonds. The maximum atomic E-state index is 13.0. The Labute approximate surface area is 200 Å². The van der Waals surface area contributed by atoms with Gasteiger partial charge in [0.05, 0.1) is 27.2 Å². The summed E-state index contributed by atoms with van der Waals surface area (Å²) in [6, 6.07) is 12.7. The van der Waals surface area contributed by atoms with Crippen LogP contribution in [0.5, 0.6) is 11.5 Å². The zero-order chi connectivity index (χ0) is 24.5. The van der Waals surface area contributed by atoms with Gasteiger partial charge in [0.25, 0.3) is 5.91 Å². The number of aryl methyl sites for hydroxylation is 2. The molecule has 4 aromatic rings. The standard InChI is InChI=1S/C22H20ClN5O5S/c1-13-19-20(18(22(29)27-30)11-24-21(19)28(2)26-13)25-12-34(31,32)17-9-7-16(8-10-17)33-15-5-3-14(23)4-6-15/h3-11,30H,12H2,1-2H3,(H,24,25)(H,27,29). The van der Waals surface area contributed by atoms with Gasteiger partial charge in [0.1, 0.15) is 17.4 Å². The van der Waals surface area contributed by atoms with Crippen LogP contribution in [0, 0.1) is 6.92 Å². The van der Waals surface area contributed by atoms with Gasteiger partial charge in [-0.3, -0.25) is 14.7 Å². The predicted molar refractivity (Wildman–Crippen MR) is 126 cm³/mol. The molecule has 0 aliphatic rings. The molecule has 2 aromatic carbocycles. The van der Waals surface area contributed by atoms with Crippen LogP contribution in [0.15, 0.2) is 59.6 Å². The topological polar surface area (TPSA) is 135 Å². The highest BCUT2D eigenvalue weighted by atomic mass is 35.5. The van der Waals surface area contributed by atoms with E-state index < -0.39 is 21.6 Å². The number of anilines is 1. The normalized spacial score (nSPS) is 11.4. The number of halogens is 1. The number of fused-ring (bicyclic) bond motifs is 1. The Morgan fingerprint density at radius 2 is 1.74 bits per heavy atom. The van der Waals surface area contributed by atoms with Crippen molar-refractivity contribution in [1.82, 2.24) is 20.2 Å². The molecule has 0 bridgehead atoms. The second kappa shape index (κ2) is 9.29. The maximum absolute atomic E-state index is 13.0. The van der Waals surface area contributed by atoms with Crippen LogP contribution in [-0.2, 0) is 16.9 Å². The Bertz CT molecular complexity index is 1470. The number of nitrogens with one attached hydrogen (secondary N) is 2. The lowest BCUT2D eigenvalue weighted by molar-refractivity contribution is 0.0707. The summed E-state index contributed by atoms with van der Waals surface area (Å²) in [7, 11) is -2.12. The number of ether oxygens (including phenoxy) is 1. The summed E-state index contributed by atoms with van der Waals surface area (Å²) in [4.78, 5) is 16.4. The highest BCUT2D eigenvalue weighted by Gasteiger charge is 2.22. The molecule has 10 nitrogen and oxygen atoms in total. The van der Waals surface area contributed by atoms with Crippen molar-refractivity contribution in [3.8, 4) is 11.5 Å². The van der Waals surface area contributed by atoms with E-state index in [9.17, 15) is 13.2 Å². The molecule has 0 aliphatic carbocycles. The molecule has 34 heavy (non-hydrogen) atoms. The summed E-state index contributed by atoms with van der Waals surface area (Å²) < 4.78 is 33.2. The molecule has 12 heteroatoms. The summed E-state index contributed by atoms with van der Waals surface area (Å²) in [5.74, 6) is -0.326. The third-order valence-electron chi connectivity index (χ3n) is 5.04. The van der Waals surface area contributed by atoms with Gasteiger partial charge in [-0.05, 0) is 55.5 Å². The van der Waals surface area contributed by atoms with Crippen LogP contribution >= 0.6 is 11.6 Å². The van der Waals surface area contributed by atoms with E-state index in [1.165, 1.54) is 23.0 Å². The monoisotopic (exact) mass is 501 g/mol. The maximum Gasteiger partial charge on any atom is 0.278 e. The first-order valence-corrected chi connectivity index (χ1v) is 12.0. The van der Waals surface area contributed by atoms with Gasteiger partial charge in [0.15, 0.2) is 15.5 Å². The summed E-state index contributed by atoms with van der Waals surface area (Å²) in [6.45, 7) is 1.71. The predicted octanol–water partition coefficient (Wildman–Crippen LogP) is 3.68. The lowest BCUT2D eigenvalue weighted by Gasteiger charge is -2.13. The summed E-state index contributed by atoms with van der Waals surface area (Å²) in [5, 5.41) is 17.3. The van der Waals surface area contributed by atoms with Gasteiger partial charge in [0.2, 0.25) is 0 Å². The van der Waals surface area contributed by atoms with E-state index in [0.717, 1.165) is 0 Å². The fourth-order valence-corrected chi connectivity index (χ4v) is 4.61. The van der Waals surface area contributed by atoms with Crippen molar-refractivity contribution in [3.63, 3.8) is 0 Å². The quantitative estimate of drug-likeness (QED) is 0.258. The van der Waals surface area contributed by atoms with E-state index in [1.807, 2.05) is 0 Å². The fourth-order valence-electron chi connectivity index (χ4n) is 3.43. The molecule has 176 valence electrons. The fraction of sp³-hybridized carbons (Fsp3) is 0.136. The molecule has 0 aliphatic heterocycles. The molecule has 2 aromatic heterocycles. The molecule has 0 unspecified atom stereocenters. The number of pyridine rings is 1. The molecule has 0 saturated carbocycles. The van der Waals surface area contributed by atoms with Crippen molar-refractivity contribution in [2.45, 2.75) is 11.8 Å². The van der Waals surface area contributed by atoms with Crippen LogP contribution in [0.3, 0.4) is 0 Å². The minimum Gasteiger partial charge on any atom is -0.457 e. The number of hydroxylamine groups is 1. The molecular weight excluding hydrogens is 482 g/mol. The second-order valence-corrected chi connectivity index (χ2v) is 9.78. The number of carbonyl (C=O) groups excluding carboxylic acids is 1. The third-order valence-corrected chi connectivity index (χ3v) is 6.81. The van der Waals surface area contributed by atoms with E-state index in [0.29, 0.717) is 33.2 Å². The Morgan fingerprint density at radius 3 is 2.35 bits per heavy atom. The number of amides is 1. The van der Waals surface area contributed by atoms with E-state index in [2.05, 4.69) is 15.4 Å². The van der Waals surface area contributed by atoms with Crippen molar-refractivity contribution >= 4 is 44.1 Å². The average Bonchev–Trinajstić information content (AvgIpc) is 3.12. The lowest BCUT2D eigenvalue weighted by atomic mass is 10.1. The zero-order valence-corrected chi connectivity index (χ0v) is 19.7. The van der Waals surface area contributed by atoms with Gasteiger partial charge in [-0.1, -0.05) is 11.6 Å². The second-order valence-electron chi connectivity index (χ2n) is 7.36. The number of sulfone groups is 1. The largest absolute Gasteiger partial charge is 0.457 e. The lowest BCUT2D eigenvalue weighted by Crippen LogP contribution is -2.22. The highest BCUT2D eigenvalue weighted by Crippen LogP contribution is 2.30. The third kappa shape index (κ3) is 4.67. The Kier molecular flexibility index (Phi) is 6.42. The number of carbonyl (C=O) groups is 1. The summed E-state index contributed by atoms with van der Waals surface area (Å²) >= 11 is 5.87. The number of aromatic nitrogens is 3. The molecule has 0 saturated heterocycles. The molecule has 0 atom stereocenters. The van der Waals surface area contributed by atoms with E-state index >= 15 is 0 Å². The van der Waals surface area contributed by atoms with E-state index in [4.69, 9.17) is 21.5 Å². The SMILES string of the molecule is Cc1nn(C)c2ncc(C(=O)NO)c(NCS(=O)(=O)c3ccc(Oc4ccc(Cl)cc4)cc3)c12. The van der Waals surface area contributed by atoms with Crippen LogP contribution in [0.2, 0.25) is 5.02 Å². The first-order chi connectivity index (χ1) is 16.2. The number of nitrogens with zero attached hydrogens (tertiary/aromatic N) is 3. The van der Waals surface area contributed by atoms with Gasteiger partial charge in [0, 0.05) is 18.3 Å². The highest BCUT2D eigenvalue weighted by molar-refractivity contribution is 7.91. The molecule has 0 radical (unpaired) electrons. The molecule has 3 N–H and O–H groups in total. The van der Waals surface area contributed by atoms with Crippen molar-refractivity contribution in [2.24, 2.45) is 7.05 Å². The Hall–Kier alpha value is -3.67. The van der Waals surface area contributed by atoms with Crippen LogP contribution in [-0.4, -0.2) is 40.2 Å². The minimum absolute atomic E-state index is 0.0204. The Balaban J connectivity index is 1.58. The summed E-state index contributed by atoms with van der Waals surface area (Å²) in [6.07, 6.45) is 1.24. The van der Waals surface area contributed by atoms with E-state index in [1.54, 1.807) is 55.8 Å².